The molecule has 0 bridgehead atoms. The Morgan fingerprint density at radius 3 is 2.48 bits per heavy atom. The van der Waals surface area contributed by atoms with Gasteiger partial charge in [-0.25, -0.2) is 9.79 Å². The Hall–Kier alpha value is -2.24. The van der Waals surface area contributed by atoms with Crippen molar-refractivity contribution >= 4 is 17.7 Å². The first-order valence-corrected chi connectivity index (χ1v) is 8.17. The second-order valence-corrected chi connectivity index (χ2v) is 6.19. The number of benzene rings is 1. The average molecular weight is 318 g/mol. The van der Waals surface area contributed by atoms with E-state index in [1.807, 2.05) is 0 Å². The SMILES string of the molecule is CNC(=O)N/C(=N\c1ccc(O)cc1)NC[C@H]1CC[C@H](C)CC1. The normalized spacial score (nSPS) is 21.6. The third kappa shape index (κ3) is 5.81. The number of urea groups is 1. The van der Waals surface area contributed by atoms with Crippen LogP contribution in [0.5, 0.6) is 5.75 Å². The molecule has 6 nitrogen and oxygen atoms in total. The molecule has 23 heavy (non-hydrogen) atoms. The minimum atomic E-state index is -0.313. The van der Waals surface area contributed by atoms with E-state index in [9.17, 15) is 9.90 Å². The van der Waals surface area contributed by atoms with E-state index in [0.717, 1.165) is 12.5 Å². The van der Waals surface area contributed by atoms with E-state index in [1.54, 1.807) is 31.3 Å². The lowest BCUT2D eigenvalue weighted by atomic mass is 9.83. The minimum Gasteiger partial charge on any atom is -0.508 e. The van der Waals surface area contributed by atoms with E-state index in [4.69, 9.17) is 0 Å². The van der Waals surface area contributed by atoms with Crippen LogP contribution in [0.15, 0.2) is 29.3 Å². The van der Waals surface area contributed by atoms with E-state index in [2.05, 4.69) is 27.9 Å². The van der Waals surface area contributed by atoms with Crippen LogP contribution in [0.4, 0.5) is 10.5 Å². The molecule has 6 heteroatoms. The Labute approximate surface area is 137 Å². The summed E-state index contributed by atoms with van der Waals surface area (Å²) < 4.78 is 0. The molecule has 0 aliphatic heterocycles. The monoisotopic (exact) mass is 318 g/mol. The highest BCUT2D eigenvalue weighted by molar-refractivity contribution is 5.97. The number of hydrogen-bond acceptors (Lipinski definition) is 3. The fraction of sp³-hybridized carbons (Fsp3) is 0.529. The summed E-state index contributed by atoms with van der Waals surface area (Å²) in [5, 5.41) is 17.8. The van der Waals surface area contributed by atoms with Gasteiger partial charge in [0, 0.05) is 13.6 Å². The Kier molecular flexibility index (Phi) is 6.26. The van der Waals surface area contributed by atoms with Crippen molar-refractivity contribution in [2.24, 2.45) is 16.8 Å². The first-order valence-electron chi connectivity index (χ1n) is 8.17. The summed E-state index contributed by atoms with van der Waals surface area (Å²) >= 11 is 0. The number of carbonyl (C=O) groups is 1. The van der Waals surface area contributed by atoms with Gasteiger partial charge in [0.2, 0.25) is 5.96 Å². The van der Waals surface area contributed by atoms with Gasteiger partial charge in [0.05, 0.1) is 5.69 Å². The zero-order valence-corrected chi connectivity index (χ0v) is 13.8. The van der Waals surface area contributed by atoms with Crippen molar-refractivity contribution in [2.45, 2.75) is 32.6 Å². The van der Waals surface area contributed by atoms with Crippen LogP contribution in [0, 0.1) is 11.8 Å². The van der Waals surface area contributed by atoms with Crippen LogP contribution in [-0.4, -0.2) is 30.7 Å². The van der Waals surface area contributed by atoms with Gasteiger partial charge in [0.25, 0.3) is 0 Å². The smallest absolute Gasteiger partial charge is 0.321 e. The van der Waals surface area contributed by atoms with Gasteiger partial charge >= 0.3 is 6.03 Å². The van der Waals surface area contributed by atoms with Gasteiger partial charge in [0.1, 0.15) is 5.75 Å². The molecule has 1 fully saturated rings. The van der Waals surface area contributed by atoms with E-state index >= 15 is 0 Å². The molecule has 0 atom stereocenters. The van der Waals surface area contributed by atoms with E-state index in [1.165, 1.54) is 25.7 Å². The maximum absolute atomic E-state index is 11.6. The molecular formula is C17H26N4O2. The molecule has 1 aliphatic carbocycles. The van der Waals surface area contributed by atoms with Crippen LogP contribution in [-0.2, 0) is 0 Å². The predicted octanol–water partition coefficient (Wildman–Crippen LogP) is 2.72. The summed E-state index contributed by atoms with van der Waals surface area (Å²) in [7, 11) is 1.57. The highest BCUT2D eigenvalue weighted by Crippen LogP contribution is 2.27. The third-order valence-corrected chi connectivity index (χ3v) is 4.24. The van der Waals surface area contributed by atoms with Gasteiger partial charge in [-0.1, -0.05) is 19.8 Å². The highest BCUT2D eigenvalue weighted by atomic mass is 16.3. The third-order valence-electron chi connectivity index (χ3n) is 4.24. The van der Waals surface area contributed by atoms with Crippen molar-refractivity contribution in [2.75, 3.05) is 13.6 Å². The van der Waals surface area contributed by atoms with Crippen molar-refractivity contribution < 1.29 is 9.90 Å². The topological polar surface area (TPSA) is 85.8 Å². The number of nitrogens with zero attached hydrogens (tertiary/aromatic N) is 1. The quantitative estimate of drug-likeness (QED) is 0.510. The molecular weight excluding hydrogens is 292 g/mol. The molecule has 0 radical (unpaired) electrons. The van der Waals surface area contributed by atoms with Crippen molar-refractivity contribution in [3.63, 3.8) is 0 Å². The minimum absolute atomic E-state index is 0.189. The molecule has 1 aliphatic rings. The molecule has 0 aromatic heterocycles. The number of guanidine groups is 1. The molecule has 2 amide bonds. The lowest BCUT2D eigenvalue weighted by Gasteiger charge is -2.26. The summed E-state index contributed by atoms with van der Waals surface area (Å²) in [5.41, 5.74) is 0.666. The maximum atomic E-state index is 11.6. The lowest BCUT2D eigenvalue weighted by molar-refractivity contribution is 0.246. The number of phenolic OH excluding ortho intramolecular Hbond substituents is 1. The number of aliphatic imine (C=N–C) groups is 1. The van der Waals surface area contributed by atoms with Crippen LogP contribution >= 0.6 is 0 Å². The fourth-order valence-corrected chi connectivity index (χ4v) is 2.71. The predicted molar refractivity (Wildman–Crippen MR) is 91.9 cm³/mol. The molecule has 1 aromatic carbocycles. The molecule has 4 N–H and O–H groups in total. The molecule has 2 rings (SSSR count). The Morgan fingerprint density at radius 2 is 1.87 bits per heavy atom. The molecule has 0 saturated heterocycles. The highest BCUT2D eigenvalue weighted by Gasteiger charge is 2.18. The van der Waals surface area contributed by atoms with Crippen LogP contribution in [0.3, 0.4) is 0 Å². The van der Waals surface area contributed by atoms with Gasteiger partial charge < -0.3 is 15.7 Å². The first kappa shape index (κ1) is 17.1. The maximum Gasteiger partial charge on any atom is 0.321 e. The molecule has 1 aromatic rings. The van der Waals surface area contributed by atoms with E-state index in [0.29, 0.717) is 17.6 Å². The number of phenols is 1. The zero-order chi connectivity index (χ0) is 16.7. The summed E-state index contributed by atoms with van der Waals surface area (Å²) in [6.07, 6.45) is 4.95. The number of hydrogen-bond donors (Lipinski definition) is 4. The standard InChI is InChI=1S/C17H26N4O2/c1-12-3-5-13(6-4-12)11-19-16(21-17(23)18-2)20-14-7-9-15(22)10-8-14/h7-10,12-13,22H,3-6,11H2,1-2H3,(H3,18,19,20,21,23)/t12-,13-. The second kappa shape index (κ2) is 8.41. The van der Waals surface area contributed by atoms with Crippen molar-refractivity contribution in [1.82, 2.24) is 16.0 Å². The fourth-order valence-electron chi connectivity index (χ4n) is 2.71. The summed E-state index contributed by atoms with van der Waals surface area (Å²) in [6.45, 7) is 3.10. The largest absolute Gasteiger partial charge is 0.508 e. The molecule has 0 unspecified atom stereocenters. The first-order chi connectivity index (χ1) is 11.1. The summed E-state index contributed by atoms with van der Waals surface area (Å²) in [4.78, 5) is 16.0. The van der Waals surface area contributed by atoms with Crippen LogP contribution < -0.4 is 16.0 Å². The van der Waals surface area contributed by atoms with E-state index < -0.39 is 0 Å². The number of amides is 2. The van der Waals surface area contributed by atoms with Gasteiger partial charge in [-0.05, 0) is 48.9 Å². The number of carbonyl (C=O) groups excluding carboxylic acids is 1. The Morgan fingerprint density at radius 1 is 1.22 bits per heavy atom. The number of aromatic hydroxyl groups is 1. The second-order valence-electron chi connectivity index (χ2n) is 6.19. The van der Waals surface area contributed by atoms with Gasteiger partial charge in [0.15, 0.2) is 0 Å². The lowest BCUT2D eigenvalue weighted by Crippen LogP contribution is -2.46. The van der Waals surface area contributed by atoms with E-state index in [-0.39, 0.29) is 11.8 Å². The Bertz CT molecular complexity index is 534. The van der Waals surface area contributed by atoms with Gasteiger partial charge in [-0.15, -0.1) is 0 Å². The molecule has 0 spiro atoms. The number of nitrogens with one attached hydrogen (secondary N) is 3. The van der Waals surface area contributed by atoms with Crippen LogP contribution in [0.2, 0.25) is 0 Å². The summed E-state index contributed by atoms with van der Waals surface area (Å²) in [6, 6.07) is 6.22. The zero-order valence-electron chi connectivity index (χ0n) is 13.8. The molecule has 0 heterocycles. The summed E-state index contributed by atoms with van der Waals surface area (Å²) in [5.74, 6) is 2.05. The average Bonchev–Trinajstić information content (AvgIpc) is 2.56. The van der Waals surface area contributed by atoms with Crippen molar-refractivity contribution in [3.8, 4) is 5.75 Å². The molecule has 126 valence electrons. The van der Waals surface area contributed by atoms with Crippen LogP contribution in [0.25, 0.3) is 0 Å². The van der Waals surface area contributed by atoms with Crippen molar-refractivity contribution in [1.29, 1.82) is 0 Å². The van der Waals surface area contributed by atoms with Gasteiger partial charge in [-0.3, -0.25) is 5.32 Å². The Balaban J connectivity index is 1.98. The van der Waals surface area contributed by atoms with Crippen molar-refractivity contribution in [3.05, 3.63) is 24.3 Å². The molecule has 1 saturated carbocycles. The van der Waals surface area contributed by atoms with Gasteiger partial charge in [-0.2, -0.15) is 0 Å². The van der Waals surface area contributed by atoms with Crippen LogP contribution in [0.1, 0.15) is 32.6 Å². The number of rotatable bonds is 3.